The number of halogens is 2. The first-order valence-electron chi connectivity index (χ1n) is 4.43. The summed E-state index contributed by atoms with van der Waals surface area (Å²) in [6.45, 7) is 2.75. The first kappa shape index (κ1) is 9.89. The molecule has 0 saturated carbocycles. The van der Waals surface area contributed by atoms with Gasteiger partial charge >= 0.3 is 0 Å². The standard InChI is InChI=1S/C10H10FIN2/c1-6-5-13-10(14-6)8-4-7(12)2-3-9(8)11/h2-4,6H,5H2,1H3,(H,13,14). The average Bonchev–Trinajstić information content (AvgIpc) is 2.56. The van der Waals surface area contributed by atoms with Gasteiger partial charge in [-0.3, -0.25) is 4.99 Å². The molecule has 0 radical (unpaired) electrons. The Bertz CT molecular complexity index is 390. The van der Waals surface area contributed by atoms with Gasteiger partial charge in [0.25, 0.3) is 0 Å². The van der Waals surface area contributed by atoms with E-state index in [0.717, 1.165) is 10.1 Å². The van der Waals surface area contributed by atoms with Gasteiger partial charge in [0, 0.05) is 9.61 Å². The van der Waals surface area contributed by atoms with Crippen LogP contribution in [0.4, 0.5) is 4.39 Å². The molecule has 74 valence electrons. The number of rotatable bonds is 1. The molecule has 1 aromatic rings. The van der Waals surface area contributed by atoms with Crippen molar-refractivity contribution in [2.75, 3.05) is 6.54 Å². The van der Waals surface area contributed by atoms with E-state index < -0.39 is 0 Å². The largest absolute Gasteiger partial charge is 0.365 e. The molecule has 0 fully saturated rings. The highest BCUT2D eigenvalue weighted by atomic mass is 127. The van der Waals surface area contributed by atoms with E-state index in [1.54, 1.807) is 12.1 Å². The minimum atomic E-state index is -0.217. The molecule has 0 saturated heterocycles. The second kappa shape index (κ2) is 3.84. The minimum absolute atomic E-state index is 0.217. The lowest BCUT2D eigenvalue weighted by atomic mass is 10.2. The van der Waals surface area contributed by atoms with Gasteiger partial charge in [0.05, 0.1) is 12.1 Å². The van der Waals surface area contributed by atoms with E-state index in [-0.39, 0.29) is 5.82 Å². The normalized spacial score (nSPS) is 20.5. The van der Waals surface area contributed by atoms with Gasteiger partial charge in [0.15, 0.2) is 0 Å². The van der Waals surface area contributed by atoms with Crippen molar-refractivity contribution in [1.82, 2.24) is 5.32 Å². The number of hydrogen-bond acceptors (Lipinski definition) is 2. The Hall–Kier alpha value is -0.650. The second-order valence-electron chi connectivity index (χ2n) is 3.36. The number of amidine groups is 1. The number of benzene rings is 1. The van der Waals surface area contributed by atoms with Crippen molar-refractivity contribution < 1.29 is 4.39 Å². The fourth-order valence-corrected chi connectivity index (χ4v) is 1.89. The summed E-state index contributed by atoms with van der Waals surface area (Å²) in [6.07, 6.45) is 0. The minimum Gasteiger partial charge on any atom is -0.365 e. The molecule has 2 rings (SSSR count). The van der Waals surface area contributed by atoms with E-state index in [2.05, 4.69) is 32.9 Å². The van der Waals surface area contributed by atoms with E-state index in [4.69, 9.17) is 0 Å². The molecule has 1 unspecified atom stereocenters. The summed E-state index contributed by atoms with van der Waals surface area (Å²) in [5.74, 6) is 0.458. The van der Waals surface area contributed by atoms with E-state index in [1.165, 1.54) is 6.07 Å². The van der Waals surface area contributed by atoms with Gasteiger partial charge in [-0.05, 0) is 47.7 Å². The van der Waals surface area contributed by atoms with Crippen LogP contribution in [-0.2, 0) is 0 Å². The molecule has 1 heterocycles. The quantitative estimate of drug-likeness (QED) is 0.790. The SMILES string of the molecule is CC1CN=C(c2cc(I)ccc2F)N1. The van der Waals surface area contributed by atoms with Crippen molar-refractivity contribution in [3.63, 3.8) is 0 Å². The lowest BCUT2D eigenvalue weighted by molar-refractivity contribution is 0.623. The van der Waals surface area contributed by atoms with Gasteiger partial charge in [-0.2, -0.15) is 0 Å². The van der Waals surface area contributed by atoms with Crippen molar-refractivity contribution >= 4 is 28.4 Å². The molecule has 1 N–H and O–H groups in total. The van der Waals surface area contributed by atoms with Crippen LogP contribution in [-0.4, -0.2) is 18.4 Å². The molecular weight excluding hydrogens is 294 g/mol. The summed E-state index contributed by atoms with van der Waals surface area (Å²) in [7, 11) is 0. The molecule has 0 aliphatic carbocycles. The summed E-state index contributed by atoms with van der Waals surface area (Å²) >= 11 is 2.16. The average molecular weight is 304 g/mol. The first-order valence-corrected chi connectivity index (χ1v) is 5.51. The highest BCUT2D eigenvalue weighted by Crippen LogP contribution is 2.14. The zero-order chi connectivity index (χ0) is 10.1. The number of aliphatic imine (C=N–C) groups is 1. The molecule has 2 nitrogen and oxygen atoms in total. The molecular formula is C10H10FIN2. The molecule has 4 heteroatoms. The Morgan fingerprint density at radius 1 is 1.57 bits per heavy atom. The lowest BCUT2D eigenvalue weighted by Crippen LogP contribution is -2.28. The summed E-state index contributed by atoms with van der Waals surface area (Å²) in [5.41, 5.74) is 0.571. The van der Waals surface area contributed by atoms with Crippen molar-refractivity contribution in [3.8, 4) is 0 Å². The van der Waals surface area contributed by atoms with E-state index >= 15 is 0 Å². The summed E-state index contributed by atoms with van der Waals surface area (Å²) < 4.78 is 14.4. The van der Waals surface area contributed by atoms with Gasteiger partial charge < -0.3 is 5.32 Å². The molecule has 1 aliphatic heterocycles. The van der Waals surface area contributed by atoms with Crippen molar-refractivity contribution in [2.24, 2.45) is 4.99 Å². The van der Waals surface area contributed by atoms with Crippen LogP contribution < -0.4 is 5.32 Å². The molecule has 1 aromatic carbocycles. The van der Waals surface area contributed by atoms with Crippen LogP contribution >= 0.6 is 22.6 Å². The van der Waals surface area contributed by atoms with E-state index in [0.29, 0.717) is 17.4 Å². The predicted octanol–water partition coefficient (Wildman–Crippen LogP) is 2.17. The number of hydrogen-bond donors (Lipinski definition) is 1. The molecule has 0 spiro atoms. The summed E-state index contributed by atoms with van der Waals surface area (Å²) in [5, 5.41) is 3.14. The monoisotopic (exact) mass is 304 g/mol. The molecule has 0 aromatic heterocycles. The van der Waals surface area contributed by atoms with Gasteiger partial charge in [-0.15, -0.1) is 0 Å². The molecule has 0 amide bonds. The fraction of sp³-hybridized carbons (Fsp3) is 0.300. The smallest absolute Gasteiger partial charge is 0.134 e. The molecule has 1 atom stereocenters. The fourth-order valence-electron chi connectivity index (χ4n) is 1.39. The highest BCUT2D eigenvalue weighted by molar-refractivity contribution is 14.1. The van der Waals surface area contributed by atoms with Crippen molar-refractivity contribution in [3.05, 3.63) is 33.1 Å². The number of nitrogens with one attached hydrogen (secondary N) is 1. The van der Waals surface area contributed by atoms with Gasteiger partial charge in [-0.25, -0.2) is 4.39 Å². The Morgan fingerprint density at radius 3 is 3.00 bits per heavy atom. The third kappa shape index (κ3) is 1.89. The van der Waals surface area contributed by atoms with Crippen LogP contribution in [0.5, 0.6) is 0 Å². The van der Waals surface area contributed by atoms with E-state index in [9.17, 15) is 4.39 Å². The van der Waals surface area contributed by atoms with Crippen LogP contribution in [0.15, 0.2) is 23.2 Å². The molecule has 1 aliphatic rings. The zero-order valence-electron chi connectivity index (χ0n) is 7.72. The molecule has 14 heavy (non-hydrogen) atoms. The summed E-state index contributed by atoms with van der Waals surface area (Å²) in [4.78, 5) is 4.25. The number of nitrogens with zero attached hydrogens (tertiary/aromatic N) is 1. The van der Waals surface area contributed by atoms with Crippen LogP contribution in [0.2, 0.25) is 0 Å². The zero-order valence-corrected chi connectivity index (χ0v) is 9.88. The third-order valence-corrected chi connectivity index (χ3v) is 2.76. The van der Waals surface area contributed by atoms with Crippen molar-refractivity contribution in [2.45, 2.75) is 13.0 Å². The Labute approximate surface area is 95.8 Å². The van der Waals surface area contributed by atoms with Crippen LogP contribution in [0.3, 0.4) is 0 Å². The Morgan fingerprint density at radius 2 is 2.36 bits per heavy atom. The van der Waals surface area contributed by atoms with E-state index in [1.807, 2.05) is 6.92 Å². The first-order chi connectivity index (χ1) is 6.66. The maximum atomic E-state index is 13.4. The highest BCUT2D eigenvalue weighted by Gasteiger charge is 2.17. The molecule has 0 bridgehead atoms. The predicted molar refractivity (Wildman–Crippen MR) is 63.1 cm³/mol. The topological polar surface area (TPSA) is 24.4 Å². The van der Waals surface area contributed by atoms with Crippen LogP contribution in [0.25, 0.3) is 0 Å². The third-order valence-electron chi connectivity index (χ3n) is 2.09. The van der Waals surface area contributed by atoms with Gasteiger partial charge in [0.1, 0.15) is 11.7 Å². The van der Waals surface area contributed by atoms with Crippen LogP contribution in [0.1, 0.15) is 12.5 Å². The summed E-state index contributed by atoms with van der Waals surface area (Å²) in [6, 6.07) is 5.34. The maximum Gasteiger partial charge on any atom is 0.134 e. The van der Waals surface area contributed by atoms with Gasteiger partial charge in [-0.1, -0.05) is 0 Å². The Balaban J connectivity index is 2.36. The lowest BCUT2D eigenvalue weighted by Gasteiger charge is -2.07. The van der Waals surface area contributed by atoms with Crippen LogP contribution in [0, 0.1) is 9.39 Å². The maximum absolute atomic E-state index is 13.4. The van der Waals surface area contributed by atoms with Gasteiger partial charge in [0.2, 0.25) is 0 Å². The van der Waals surface area contributed by atoms with Crippen molar-refractivity contribution in [1.29, 1.82) is 0 Å². The Kier molecular flexibility index (Phi) is 2.71. The second-order valence-corrected chi connectivity index (χ2v) is 4.60.